The molecule has 0 unspecified atom stereocenters. The number of hydrogen-bond acceptors (Lipinski definition) is 9. The van der Waals surface area contributed by atoms with E-state index in [9.17, 15) is 13.2 Å². The van der Waals surface area contributed by atoms with Gasteiger partial charge in [0.15, 0.2) is 6.33 Å². The molecule has 5 aromatic rings. The van der Waals surface area contributed by atoms with Crippen molar-refractivity contribution in [1.29, 1.82) is 0 Å². The van der Waals surface area contributed by atoms with E-state index >= 15 is 0 Å². The Labute approximate surface area is 201 Å². The lowest BCUT2D eigenvalue weighted by molar-refractivity contribution is -0.137. The molecule has 0 N–H and O–H groups in total. The summed E-state index contributed by atoms with van der Waals surface area (Å²) in [6.45, 7) is 0.594. The zero-order valence-electron chi connectivity index (χ0n) is 18.8. The molecule has 0 amide bonds. The van der Waals surface area contributed by atoms with E-state index in [0.29, 0.717) is 23.6 Å². The third-order valence-corrected chi connectivity index (χ3v) is 5.34. The van der Waals surface area contributed by atoms with E-state index in [2.05, 4.69) is 35.6 Å². The number of pyridine rings is 1. The van der Waals surface area contributed by atoms with Crippen LogP contribution in [0.1, 0.15) is 16.8 Å². The molecular weight excluding hydrogens is 479 g/mol. The molecule has 0 saturated carbocycles. The first-order valence-electron chi connectivity index (χ1n) is 10.7. The number of tetrazole rings is 1. The Balaban J connectivity index is 1.27. The van der Waals surface area contributed by atoms with Gasteiger partial charge in [0.2, 0.25) is 11.7 Å². The number of halogens is 3. The van der Waals surface area contributed by atoms with Gasteiger partial charge < -0.3 is 9.26 Å². The van der Waals surface area contributed by atoms with Gasteiger partial charge in [0.1, 0.15) is 6.61 Å². The van der Waals surface area contributed by atoms with Crippen molar-refractivity contribution in [3.05, 3.63) is 71.9 Å². The monoisotopic (exact) mass is 497 g/mol. The van der Waals surface area contributed by atoms with Crippen LogP contribution in [-0.2, 0) is 32.8 Å². The molecule has 0 aliphatic heterocycles. The normalized spacial score (nSPS) is 11.7. The van der Waals surface area contributed by atoms with Gasteiger partial charge in [-0.3, -0.25) is 4.68 Å². The van der Waals surface area contributed by atoms with E-state index < -0.39 is 11.7 Å². The highest BCUT2D eigenvalue weighted by Gasteiger charge is 2.30. The maximum Gasteiger partial charge on any atom is 0.417 e. The number of benzene rings is 1. The third kappa shape index (κ3) is 5.06. The van der Waals surface area contributed by atoms with Crippen molar-refractivity contribution in [3.8, 4) is 28.7 Å². The highest BCUT2D eigenvalue weighted by molar-refractivity contribution is 5.61. The molecule has 0 fully saturated rings. The van der Waals surface area contributed by atoms with Crippen LogP contribution in [0.15, 0.2) is 59.6 Å². The fourth-order valence-electron chi connectivity index (χ4n) is 3.38. The predicted molar refractivity (Wildman–Crippen MR) is 117 cm³/mol. The van der Waals surface area contributed by atoms with E-state index in [0.717, 1.165) is 35.9 Å². The second-order valence-corrected chi connectivity index (χ2v) is 7.70. The number of nitrogens with zero attached hydrogens (tertiary/aromatic N) is 9. The van der Waals surface area contributed by atoms with E-state index in [1.54, 1.807) is 17.9 Å². The number of aromatic nitrogens is 9. The molecule has 11 nitrogen and oxygen atoms in total. The Morgan fingerprint density at radius 2 is 1.86 bits per heavy atom. The Kier molecular flexibility index (Phi) is 6.14. The zero-order valence-corrected chi connectivity index (χ0v) is 18.8. The van der Waals surface area contributed by atoms with Crippen molar-refractivity contribution >= 4 is 0 Å². The third-order valence-electron chi connectivity index (χ3n) is 5.34. The lowest BCUT2D eigenvalue weighted by Gasteiger charge is -2.09. The zero-order chi connectivity index (χ0) is 25.1. The molecule has 36 heavy (non-hydrogen) atoms. The summed E-state index contributed by atoms with van der Waals surface area (Å²) in [6.07, 6.45) is -0.0620. The van der Waals surface area contributed by atoms with Crippen LogP contribution >= 0.6 is 0 Å². The minimum absolute atomic E-state index is 0.0166. The molecule has 4 heterocycles. The van der Waals surface area contributed by atoms with Gasteiger partial charge in [-0.05, 0) is 23.3 Å². The number of hydrogen-bond donors (Lipinski definition) is 0. The molecule has 0 radical (unpaired) electrons. The van der Waals surface area contributed by atoms with Crippen LogP contribution in [0.4, 0.5) is 13.2 Å². The minimum atomic E-state index is -4.47. The van der Waals surface area contributed by atoms with Crippen molar-refractivity contribution < 1.29 is 22.4 Å². The van der Waals surface area contributed by atoms with Gasteiger partial charge in [-0.2, -0.15) is 28.1 Å². The van der Waals surface area contributed by atoms with Crippen molar-refractivity contribution in [3.63, 3.8) is 0 Å². The molecular formula is C22H18F3N9O2. The fourth-order valence-corrected chi connectivity index (χ4v) is 3.38. The fraction of sp³-hybridized carbons (Fsp3) is 0.227. The van der Waals surface area contributed by atoms with E-state index in [1.165, 1.54) is 11.1 Å². The summed E-state index contributed by atoms with van der Waals surface area (Å²) in [5.74, 6) is 0.675. The topological polar surface area (TPSA) is 122 Å². The Morgan fingerprint density at radius 3 is 2.56 bits per heavy atom. The lowest BCUT2D eigenvalue weighted by atomic mass is 10.1. The van der Waals surface area contributed by atoms with Gasteiger partial charge >= 0.3 is 6.18 Å². The van der Waals surface area contributed by atoms with Gasteiger partial charge in [0.25, 0.3) is 5.89 Å². The number of alkyl halides is 3. The molecule has 0 spiro atoms. The minimum Gasteiger partial charge on any atom is -0.471 e. The molecule has 0 aliphatic carbocycles. The van der Waals surface area contributed by atoms with Crippen LogP contribution in [0.2, 0.25) is 0 Å². The molecule has 184 valence electrons. The summed E-state index contributed by atoms with van der Waals surface area (Å²) in [4.78, 5) is 9.71. The maximum absolute atomic E-state index is 12.7. The standard InChI is InChI=1S/C22H18F3N9O2/c1-33-18(12-35-19-7-6-16(10-26-19)22(23,24)25)17(11-28-33)21-30-20(31-36-21)15-4-2-14(3-5-15)8-9-34-29-13-27-32-34/h2-7,10-11,13H,8-9,12H2,1H3. The first-order chi connectivity index (χ1) is 17.4. The Hall–Kier alpha value is -4.62. The smallest absolute Gasteiger partial charge is 0.417 e. The maximum atomic E-state index is 12.7. The quantitative estimate of drug-likeness (QED) is 0.318. The van der Waals surface area contributed by atoms with Crippen LogP contribution in [-0.4, -0.2) is 45.1 Å². The van der Waals surface area contributed by atoms with Crippen LogP contribution in [0, 0.1) is 0 Å². The first-order valence-corrected chi connectivity index (χ1v) is 10.7. The van der Waals surface area contributed by atoms with Crippen molar-refractivity contribution in [2.45, 2.75) is 25.7 Å². The van der Waals surface area contributed by atoms with Crippen LogP contribution in [0.3, 0.4) is 0 Å². The SMILES string of the molecule is Cn1ncc(-c2nc(-c3ccc(CCn4ncnn4)cc3)no2)c1COc1ccc(C(F)(F)F)cn1. The van der Waals surface area contributed by atoms with Gasteiger partial charge in [-0.1, -0.05) is 29.4 Å². The molecule has 0 bridgehead atoms. The van der Waals surface area contributed by atoms with Crippen LogP contribution in [0.5, 0.6) is 5.88 Å². The summed E-state index contributed by atoms with van der Waals surface area (Å²) in [5, 5.41) is 19.8. The Bertz CT molecular complexity index is 1430. The Morgan fingerprint density at radius 1 is 1.03 bits per heavy atom. The van der Waals surface area contributed by atoms with Gasteiger partial charge in [0, 0.05) is 24.9 Å². The summed E-state index contributed by atoms with van der Waals surface area (Å²) in [6, 6.07) is 9.78. The largest absolute Gasteiger partial charge is 0.471 e. The van der Waals surface area contributed by atoms with Gasteiger partial charge in [-0.25, -0.2) is 4.98 Å². The lowest BCUT2D eigenvalue weighted by Crippen LogP contribution is -2.07. The summed E-state index contributed by atoms with van der Waals surface area (Å²) >= 11 is 0. The number of rotatable bonds is 8. The highest BCUT2D eigenvalue weighted by Crippen LogP contribution is 2.30. The van der Waals surface area contributed by atoms with Crippen LogP contribution < -0.4 is 4.74 Å². The molecule has 4 aromatic heterocycles. The summed E-state index contributed by atoms with van der Waals surface area (Å²) in [5.41, 5.74) is 2.13. The van der Waals surface area contributed by atoms with Crippen LogP contribution in [0.25, 0.3) is 22.8 Å². The molecule has 1 aromatic carbocycles. The van der Waals surface area contributed by atoms with Gasteiger partial charge in [0.05, 0.1) is 29.6 Å². The van der Waals surface area contributed by atoms with Gasteiger partial charge in [-0.15, -0.1) is 10.2 Å². The second-order valence-electron chi connectivity index (χ2n) is 7.70. The molecule has 0 atom stereocenters. The summed E-state index contributed by atoms with van der Waals surface area (Å²) in [7, 11) is 1.70. The average molecular weight is 497 g/mol. The average Bonchev–Trinajstić information content (AvgIpc) is 3.63. The molecule has 14 heteroatoms. The molecule has 0 aliphatic rings. The molecule has 5 rings (SSSR count). The van der Waals surface area contributed by atoms with Crippen molar-refractivity contribution in [2.24, 2.45) is 7.05 Å². The molecule has 0 saturated heterocycles. The predicted octanol–water partition coefficient (Wildman–Crippen LogP) is 3.36. The summed E-state index contributed by atoms with van der Waals surface area (Å²) < 4.78 is 50.8. The number of ether oxygens (including phenoxy) is 1. The first kappa shape index (κ1) is 23.1. The van der Waals surface area contributed by atoms with E-state index in [1.807, 2.05) is 24.3 Å². The van der Waals surface area contributed by atoms with E-state index in [4.69, 9.17) is 9.26 Å². The number of aryl methyl sites for hydroxylation is 3. The second kappa shape index (κ2) is 9.56. The highest BCUT2D eigenvalue weighted by atomic mass is 19.4. The van der Waals surface area contributed by atoms with Crippen molar-refractivity contribution in [1.82, 2.24) is 45.1 Å². The van der Waals surface area contributed by atoms with E-state index in [-0.39, 0.29) is 18.4 Å². The van der Waals surface area contributed by atoms with Crippen molar-refractivity contribution in [2.75, 3.05) is 0 Å².